The molecule has 0 amide bonds. The third kappa shape index (κ3) is 1.76. The minimum atomic E-state index is 0.781. The van der Waals surface area contributed by atoms with E-state index in [-0.39, 0.29) is 0 Å². The van der Waals surface area contributed by atoms with Gasteiger partial charge in [0, 0.05) is 25.0 Å². The molecule has 0 saturated heterocycles. The van der Waals surface area contributed by atoms with Crippen LogP contribution in [0.5, 0.6) is 0 Å². The maximum absolute atomic E-state index is 4.51. The van der Waals surface area contributed by atoms with E-state index in [0.717, 1.165) is 17.2 Å². The lowest BCUT2D eigenvalue weighted by atomic mass is 10.0. The van der Waals surface area contributed by atoms with Crippen molar-refractivity contribution in [3.63, 3.8) is 0 Å². The maximum Gasteiger partial charge on any atom is 0.180 e. The molecule has 4 heteroatoms. The molecular weight excluding hydrogens is 260 g/mol. The van der Waals surface area contributed by atoms with Gasteiger partial charge < -0.3 is 5.32 Å². The quantitative estimate of drug-likeness (QED) is 0.607. The zero-order chi connectivity index (χ0) is 14.2. The minimum absolute atomic E-state index is 0.781. The molecule has 0 saturated carbocycles. The van der Waals surface area contributed by atoms with Crippen molar-refractivity contribution in [1.29, 1.82) is 0 Å². The third-order valence-corrected chi connectivity index (χ3v) is 3.73. The zero-order valence-corrected chi connectivity index (χ0v) is 11.6. The predicted molar refractivity (Wildman–Crippen MR) is 85.5 cm³/mol. The van der Waals surface area contributed by atoms with Crippen molar-refractivity contribution in [1.82, 2.24) is 14.4 Å². The molecule has 0 unspecified atom stereocenters. The predicted octanol–water partition coefficient (Wildman–Crippen LogP) is 3.59. The average Bonchev–Trinajstić information content (AvgIpc) is 2.98. The highest BCUT2D eigenvalue weighted by atomic mass is 15.1. The summed E-state index contributed by atoms with van der Waals surface area (Å²) in [4.78, 5) is 8.81. The summed E-state index contributed by atoms with van der Waals surface area (Å²) in [5.74, 6) is 0.781. The SMILES string of the molecule is CNc1nccn2c(-c3cccc4ccccc34)cnc12. The van der Waals surface area contributed by atoms with Crippen LogP contribution >= 0.6 is 0 Å². The molecule has 2 aromatic carbocycles. The van der Waals surface area contributed by atoms with Gasteiger partial charge in [0.15, 0.2) is 11.5 Å². The van der Waals surface area contributed by atoms with Gasteiger partial charge in [-0.15, -0.1) is 0 Å². The number of hydrogen-bond donors (Lipinski definition) is 1. The summed E-state index contributed by atoms with van der Waals surface area (Å²) in [7, 11) is 1.86. The Balaban J connectivity index is 2.06. The van der Waals surface area contributed by atoms with Crippen molar-refractivity contribution in [2.45, 2.75) is 0 Å². The Kier molecular flexibility index (Phi) is 2.60. The van der Waals surface area contributed by atoms with Gasteiger partial charge in [-0.1, -0.05) is 42.5 Å². The van der Waals surface area contributed by atoms with Crippen molar-refractivity contribution in [2.75, 3.05) is 12.4 Å². The van der Waals surface area contributed by atoms with E-state index in [1.807, 2.05) is 19.4 Å². The standard InChI is InChI=1S/C17H14N4/c1-18-16-17-20-11-15(21(17)10-9-19-16)14-8-4-6-12-5-2-3-7-13(12)14/h2-11H,1H3,(H,18,19). The summed E-state index contributed by atoms with van der Waals surface area (Å²) in [6.45, 7) is 0. The van der Waals surface area contributed by atoms with Gasteiger partial charge in [-0.3, -0.25) is 4.40 Å². The van der Waals surface area contributed by atoms with Crippen LogP contribution in [-0.4, -0.2) is 21.4 Å². The van der Waals surface area contributed by atoms with Crippen molar-refractivity contribution in [3.8, 4) is 11.3 Å². The molecule has 0 fully saturated rings. The molecule has 2 aromatic heterocycles. The van der Waals surface area contributed by atoms with Gasteiger partial charge >= 0.3 is 0 Å². The van der Waals surface area contributed by atoms with Gasteiger partial charge in [0.1, 0.15) is 0 Å². The second-order valence-corrected chi connectivity index (χ2v) is 4.89. The van der Waals surface area contributed by atoms with E-state index in [0.29, 0.717) is 0 Å². The summed E-state index contributed by atoms with van der Waals surface area (Å²) in [5, 5.41) is 5.53. The molecule has 4 nitrogen and oxygen atoms in total. The van der Waals surface area contributed by atoms with Crippen molar-refractivity contribution in [3.05, 3.63) is 61.1 Å². The highest BCUT2D eigenvalue weighted by Crippen LogP contribution is 2.29. The first-order valence-electron chi connectivity index (χ1n) is 6.86. The molecule has 4 aromatic rings. The molecule has 1 N–H and O–H groups in total. The first-order valence-corrected chi connectivity index (χ1v) is 6.86. The molecule has 0 aliphatic carbocycles. The average molecular weight is 274 g/mol. The normalized spacial score (nSPS) is 11.1. The molecule has 2 heterocycles. The zero-order valence-electron chi connectivity index (χ0n) is 11.6. The van der Waals surface area contributed by atoms with Crippen molar-refractivity contribution in [2.24, 2.45) is 0 Å². The highest BCUT2D eigenvalue weighted by Gasteiger charge is 2.11. The molecule has 0 aliphatic rings. The minimum Gasteiger partial charge on any atom is -0.370 e. The number of anilines is 1. The monoisotopic (exact) mass is 274 g/mol. The van der Waals surface area contributed by atoms with E-state index in [4.69, 9.17) is 0 Å². The van der Waals surface area contributed by atoms with Crippen LogP contribution in [0.15, 0.2) is 61.1 Å². The molecular formula is C17H14N4. The summed E-state index contributed by atoms with van der Waals surface area (Å²) in [5.41, 5.74) is 3.08. The number of aromatic nitrogens is 3. The Bertz CT molecular complexity index is 934. The van der Waals surface area contributed by atoms with Gasteiger partial charge in [-0.25, -0.2) is 9.97 Å². The molecule has 0 atom stereocenters. The Hall–Kier alpha value is -2.88. The fraction of sp³-hybridized carbons (Fsp3) is 0.0588. The number of imidazole rings is 1. The van der Waals surface area contributed by atoms with Crippen molar-refractivity contribution < 1.29 is 0 Å². The van der Waals surface area contributed by atoms with E-state index in [9.17, 15) is 0 Å². The Morgan fingerprint density at radius 3 is 2.76 bits per heavy atom. The van der Waals surface area contributed by atoms with E-state index in [1.54, 1.807) is 6.20 Å². The van der Waals surface area contributed by atoms with Gasteiger partial charge in [0.25, 0.3) is 0 Å². The third-order valence-electron chi connectivity index (χ3n) is 3.73. The van der Waals surface area contributed by atoms with E-state index in [2.05, 4.69) is 62.2 Å². The second kappa shape index (κ2) is 4.59. The Morgan fingerprint density at radius 2 is 1.86 bits per heavy atom. The molecule has 0 bridgehead atoms. The van der Waals surface area contributed by atoms with Crippen LogP contribution in [0, 0.1) is 0 Å². The first kappa shape index (κ1) is 11.9. The fourth-order valence-electron chi connectivity index (χ4n) is 2.74. The summed E-state index contributed by atoms with van der Waals surface area (Å²) in [6.07, 6.45) is 5.63. The molecule has 102 valence electrons. The van der Waals surface area contributed by atoms with Gasteiger partial charge in [-0.05, 0) is 10.8 Å². The van der Waals surface area contributed by atoms with Gasteiger partial charge in [0.2, 0.25) is 0 Å². The lowest BCUT2D eigenvalue weighted by molar-refractivity contribution is 1.13. The van der Waals surface area contributed by atoms with Crippen LogP contribution in [0.25, 0.3) is 27.7 Å². The van der Waals surface area contributed by atoms with Crippen LogP contribution in [0.1, 0.15) is 0 Å². The summed E-state index contributed by atoms with van der Waals surface area (Å²) in [6, 6.07) is 14.7. The first-order chi connectivity index (χ1) is 10.4. The van der Waals surface area contributed by atoms with Crippen LogP contribution < -0.4 is 5.32 Å². The molecule has 21 heavy (non-hydrogen) atoms. The highest BCUT2D eigenvalue weighted by molar-refractivity contribution is 5.96. The molecule has 0 aliphatic heterocycles. The maximum atomic E-state index is 4.51. The lowest BCUT2D eigenvalue weighted by Gasteiger charge is -2.07. The largest absolute Gasteiger partial charge is 0.370 e. The van der Waals surface area contributed by atoms with Crippen LogP contribution in [-0.2, 0) is 0 Å². The number of nitrogens with zero attached hydrogens (tertiary/aromatic N) is 3. The summed E-state index contributed by atoms with van der Waals surface area (Å²) >= 11 is 0. The number of fused-ring (bicyclic) bond motifs is 2. The number of hydrogen-bond acceptors (Lipinski definition) is 3. The smallest absolute Gasteiger partial charge is 0.180 e. The van der Waals surface area contributed by atoms with Crippen LogP contribution in [0.2, 0.25) is 0 Å². The lowest BCUT2D eigenvalue weighted by Crippen LogP contribution is -1.97. The van der Waals surface area contributed by atoms with Gasteiger partial charge in [-0.2, -0.15) is 0 Å². The molecule has 0 radical (unpaired) electrons. The van der Waals surface area contributed by atoms with Crippen LogP contribution in [0.4, 0.5) is 5.82 Å². The van der Waals surface area contributed by atoms with E-state index in [1.165, 1.54) is 16.3 Å². The fourth-order valence-corrected chi connectivity index (χ4v) is 2.74. The molecule has 4 rings (SSSR count). The summed E-state index contributed by atoms with van der Waals surface area (Å²) < 4.78 is 2.07. The number of benzene rings is 2. The Labute approximate surface area is 122 Å². The van der Waals surface area contributed by atoms with Crippen molar-refractivity contribution >= 4 is 22.2 Å². The van der Waals surface area contributed by atoms with Gasteiger partial charge in [0.05, 0.1) is 11.9 Å². The number of rotatable bonds is 2. The van der Waals surface area contributed by atoms with E-state index < -0.39 is 0 Å². The van der Waals surface area contributed by atoms with Crippen LogP contribution in [0.3, 0.4) is 0 Å². The number of nitrogens with one attached hydrogen (secondary N) is 1. The molecule has 0 spiro atoms. The Morgan fingerprint density at radius 1 is 1.00 bits per heavy atom. The topological polar surface area (TPSA) is 42.2 Å². The van der Waals surface area contributed by atoms with E-state index >= 15 is 0 Å². The second-order valence-electron chi connectivity index (χ2n) is 4.89.